The van der Waals surface area contributed by atoms with Crippen LogP contribution in [0.25, 0.3) is 0 Å². The maximum absolute atomic E-state index is 5.35. The molecule has 0 unspecified atom stereocenters. The first kappa shape index (κ1) is 15.4. The molecule has 0 aliphatic heterocycles. The van der Waals surface area contributed by atoms with Gasteiger partial charge in [-0.05, 0) is 46.2 Å². The predicted octanol–water partition coefficient (Wildman–Crippen LogP) is 3.35. The number of rotatable bonds is 10. The highest BCUT2D eigenvalue weighted by atomic mass is 79.9. The third-order valence-corrected chi connectivity index (χ3v) is 3.25. The molecule has 0 rings (SSSR count). The summed E-state index contributed by atoms with van der Waals surface area (Å²) in [6, 6.07) is 0. The Morgan fingerprint density at radius 3 is 2.33 bits per heavy atom. The summed E-state index contributed by atoms with van der Waals surface area (Å²) >= 11 is 3.44. The molecule has 0 amide bonds. The van der Waals surface area contributed by atoms with Crippen LogP contribution in [0.15, 0.2) is 0 Å². The molecule has 0 fully saturated rings. The van der Waals surface area contributed by atoms with Gasteiger partial charge in [0.05, 0.1) is 5.60 Å². The number of nitrogens with one attached hydrogen (secondary N) is 1. The van der Waals surface area contributed by atoms with Gasteiger partial charge in [0.25, 0.3) is 0 Å². The number of ether oxygens (including phenoxy) is 1. The lowest BCUT2D eigenvalue weighted by Gasteiger charge is -2.22. The van der Waals surface area contributed by atoms with Crippen LogP contribution in [0.2, 0.25) is 0 Å². The molecular formula is C12H26BrNO. The van der Waals surface area contributed by atoms with Crippen molar-refractivity contribution in [3.63, 3.8) is 0 Å². The molecule has 15 heavy (non-hydrogen) atoms. The van der Waals surface area contributed by atoms with E-state index in [-0.39, 0.29) is 5.60 Å². The molecule has 0 bridgehead atoms. The zero-order chi connectivity index (χ0) is 11.6. The van der Waals surface area contributed by atoms with Crippen LogP contribution >= 0.6 is 15.9 Å². The largest absolute Gasteiger partial charge is 0.379 e. The fourth-order valence-electron chi connectivity index (χ4n) is 1.31. The number of hydrogen-bond donors (Lipinski definition) is 1. The molecule has 0 aromatic carbocycles. The number of hydrogen-bond acceptors (Lipinski definition) is 2. The van der Waals surface area contributed by atoms with Gasteiger partial charge in [-0.2, -0.15) is 0 Å². The Hall–Kier alpha value is 0.400. The van der Waals surface area contributed by atoms with E-state index in [2.05, 4.69) is 35.1 Å². The molecule has 0 spiro atoms. The van der Waals surface area contributed by atoms with Crippen molar-refractivity contribution in [1.82, 2.24) is 5.32 Å². The lowest BCUT2D eigenvalue weighted by atomic mass is 10.1. The van der Waals surface area contributed by atoms with E-state index in [1.807, 2.05) is 0 Å². The van der Waals surface area contributed by atoms with E-state index in [0.29, 0.717) is 0 Å². The smallest absolute Gasteiger partial charge is 0.0634 e. The summed E-state index contributed by atoms with van der Waals surface area (Å²) in [6.45, 7) is 6.46. The molecule has 1 N–H and O–H groups in total. The van der Waals surface area contributed by atoms with E-state index < -0.39 is 0 Å². The summed E-state index contributed by atoms with van der Waals surface area (Å²) in [6.07, 6.45) is 6.35. The molecular weight excluding hydrogens is 254 g/mol. The average Bonchev–Trinajstić information content (AvgIpc) is 2.22. The monoisotopic (exact) mass is 279 g/mol. The van der Waals surface area contributed by atoms with Gasteiger partial charge >= 0.3 is 0 Å². The van der Waals surface area contributed by atoms with Crippen LogP contribution in [0.5, 0.6) is 0 Å². The van der Waals surface area contributed by atoms with Crippen LogP contribution < -0.4 is 5.32 Å². The molecule has 0 saturated carbocycles. The highest BCUT2D eigenvalue weighted by Gasteiger charge is 2.14. The van der Waals surface area contributed by atoms with Crippen LogP contribution in [0.4, 0.5) is 0 Å². The van der Waals surface area contributed by atoms with Crippen molar-refractivity contribution in [3.05, 3.63) is 0 Å². The van der Waals surface area contributed by atoms with Gasteiger partial charge in [-0.15, -0.1) is 0 Å². The molecule has 0 aliphatic carbocycles. The Morgan fingerprint density at radius 1 is 1.07 bits per heavy atom. The van der Waals surface area contributed by atoms with Gasteiger partial charge in [-0.1, -0.05) is 28.8 Å². The Balaban J connectivity index is 3.11. The predicted molar refractivity (Wildman–Crippen MR) is 70.8 cm³/mol. The van der Waals surface area contributed by atoms with Crippen LogP contribution in [-0.2, 0) is 4.74 Å². The molecule has 0 atom stereocenters. The van der Waals surface area contributed by atoms with Crippen molar-refractivity contribution in [1.29, 1.82) is 0 Å². The standard InChI is InChI=1S/C12H26BrNO/c1-12(2,15-3)8-11-14-10-7-5-4-6-9-13/h14H,4-11H2,1-3H3. The van der Waals surface area contributed by atoms with E-state index in [4.69, 9.17) is 4.74 Å². The molecule has 0 aliphatic rings. The van der Waals surface area contributed by atoms with Crippen LogP contribution in [0, 0.1) is 0 Å². The number of methoxy groups -OCH3 is 1. The molecule has 0 saturated heterocycles. The first-order valence-electron chi connectivity index (χ1n) is 5.94. The van der Waals surface area contributed by atoms with Crippen molar-refractivity contribution < 1.29 is 4.74 Å². The fraction of sp³-hybridized carbons (Fsp3) is 1.00. The second-order valence-electron chi connectivity index (χ2n) is 4.57. The van der Waals surface area contributed by atoms with Gasteiger partial charge in [0.1, 0.15) is 0 Å². The second kappa shape index (κ2) is 9.61. The first-order chi connectivity index (χ1) is 7.12. The van der Waals surface area contributed by atoms with E-state index in [0.717, 1.165) is 24.8 Å². The lowest BCUT2D eigenvalue weighted by Crippen LogP contribution is -2.29. The zero-order valence-electron chi connectivity index (χ0n) is 10.4. The zero-order valence-corrected chi connectivity index (χ0v) is 12.0. The van der Waals surface area contributed by atoms with Crippen molar-refractivity contribution in [2.24, 2.45) is 0 Å². The summed E-state index contributed by atoms with van der Waals surface area (Å²) < 4.78 is 5.35. The molecule has 0 radical (unpaired) electrons. The molecule has 0 aromatic rings. The van der Waals surface area contributed by atoms with Gasteiger partial charge in [0, 0.05) is 12.4 Å². The minimum Gasteiger partial charge on any atom is -0.379 e. The minimum absolute atomic E-state index is 0.0168. The van der Waals surface area contributed by atoms with E-state index in [9.17, 15) is 0 Å². The molecule has 0 heterocycles. The Morgan fingerprint density at radius 2 is 1.73 bits per heavy atom. The Kier molecular flexibility index (Phi) is 9.87. The molecule has 2 nitrogen and oxygen atoms in total. The van der Waals surface area contributed by atoms with Gasteiger partial charge in [-0.25, -0.2) is 0 Å². The summed E-state index contributed by atoms with van der Waals surface area (Å²) in [5.74, 6) is 0. The van der Waals surface area contributed by atoms with E-state index in [1.165, 1.54) is 25.7 Å². The second-order valence-corrected chi connectivity index (χ2v) is 5.36. The summed E-state index contributed by atoms with van der Waals surface area (Å²) in [5.41, 5.74) is 0.0168. The highest BCUT2D eigenvalue weighted by molar-refractivity contribution is 9.09. The third kappa shape index (κ3) is 10.7. The maximum Gasteiger partial charge on any atom is 0.0634 e. The first-order valence-corrected chi connectivity index (χ1v) is 7.06. The van der Waals surface area contributed by atoms with Crippen LogP contribution in [0.1, 0.15) is 46.0 Å². The Labute approximate surface area is 103 Å². The van der Waals surface area contributed by atoms with Gasteiger partial charge in [0.2, 0.25) is 0 Å². The number of halogens is 1. The number of unbranched alkanes of at least 4 members (excludes halogenated alkanes) is 3. The van der Waals surface area contributed by atoms with Crippen LogP contribution in [-0.4, -0.2) is 31.1 Å². The molecule has 0 aromatic heterocycles. The summed E-state index contributed by atoms with van der Waals surface area (Å²) in [4.78, 5) is 0. The Bertz CT molecular complexity index is 140. The number of alkyl halides is 1. The molecule has 92 valence electrons. The average molecular weight is 280 g/mol. The van der Waals surface area contributed by atoms with E-state index in [1.54, 1.807) is 7.11 Å². The quantitative estimate of drug-likeness (QED) is 0.489. The van der Waals surface area contributed by atoms with Gasteiger partial charge < -0.3 is 10.1 Å². The van der Waals surface area contributed by atoms with Gasteiger partial charge in [0.15, 0.2) is 0 Å². The normalized spacial score (nSPS) is 12.0. The maximum atomic E-state index is 5.35. The molecule has 3 heteroatoms. The highest BCUT2D eigenvalue weighted by Crippen LogP contribution is 2.11. The topological polar surface area (TPSA) is 21.3 Å². The van der Waals surface area contributed by atoms with Crippen LogP contribution in [0.3, 0.4) is 0 Å². The van der Waals surface area contributed by atoms with Crippen molar-refractivity contribution in [3.8, 4) is 0 Å². The minimum atomic E-state index is 0.0168. The summed E-state index contributed by atoms with van der Waals surface area (Å²) in [7, 11) is 1.78. The summed E-state index contributed by atoms with van der Waals surface area (Å²) in [5, 5.41) is 4.60. The van der Waals surface area contributed by atoms with Crippen molar-refractivity contribution in [2.75, 3.05) is 25.5 Å². The van der Waals surface area contributed by atoms with E-state index >= 15 is 0 Å². The van der Waals surface area contributed by atoms with Crippen molar-refractivity contribution in [2.45, 2.75) is 51.6 Å². The lowest BCUT2D eigenvalue weighted by molar-refractivity contribution is 0.0159. The van der Waals surface area contributed by atoms with Crippen molar-refractivity contribution >= 4 is 15.9 Å². The fourth-order valence-corrected chi connectivity index (χ4v) is 1.71. The third-order valence-electron chi connectivity index (χ3n) is 2.69. The van der Waals surface area contributed by atoms with Gasteiger partial charge in [-0.3, -0.25) is 0 Å². The SMILES string of the molecule is COC(C)(C)CCNCCCCCCBr.